The predicted molar refractivity (Wildman–Crippen MR) is 62.6 cm³/mol. The van der Waals surface area contributed by atoms with Crippen molar-refractivity contribution < 1.29 is 24.2 Å². The minimum Gasteiger partial charge on any atom is -0.461 e. The minimum atomic E-state index is -2.26. The Morgan fingerprint density at radius 1 is 1.61 bits per heavy atom. The van der Waals surface area contributed by atoms with E-state index in [1.165, 1.54) is 18.2 Å². The van der Waals surface area contributed by atoms with Crippen molar-refractivity contribution >= 4 is 23.4 Å². The Morgan fingerprint density at radius 3 is 3.00 bits per heavy atom. The van der Waals surface area contributed by atoms with Crippen molar-refractivity contribution in [2.75, 3.05) is 6.61 Å². The molecule has 1 aromatic rings. The number of hydrogen-bond acceptors (Lipinski definition) is 5. The number of aliphatic hydroxyl groups is 1. The van der Waals surface area contributed by atoms with Crippen LogP contribution in [0.3, 0.4) is 0 Å². The minimum absolute atomic E-state index is 0.0895. The average Bonchev–Trinajstić information content (AvgIpc) is 2.30. The first-order valence-electron chi connectivity index (χ1n) is 5.37. The Labute approximate surface area is 108 Å². The van der Waals surface area contributed by atoms with E-state index in [4.69, 9.17) is 16.3 Å². The maximum atomic E-state index is 11.9. The molecule has 5 nitrogen and oxygen atoms in total. The van der Waals surface area contributed by atoms with Gasteiger partial charge in [0.25, 0.3) is 0 Å². The number of carbonyl (C=O) groups is 2. The Bertz CT molecular complexity index is 513. The van der Waals surface area contributed by atoms with Crippen LogP contribution in [0, 0.1) is 0 Å². The summed E-state index contributed by atoms with van der Waals surface area (Å²) in [5.74, 6) is -3.53. The Morgan fingerprint density at radius 2 is 2.33 bits per heavy atom. The lowest BCUT2D eigenvalue weighted by molar-refractivity contribution is -0.200. The third-order valence-electron chi connectivity index (χ3n) is 2.52. The summed E-state index contributed by atoms with van der Waals surface area (Å²) in [5, 5.41) is 10.4. The van der Waals surface area contributed by atoms with Crippen LogP contribution in [-0.4, -0.2) is 29.3 Å². The number of halogens is 1. The molecular weight excluding hydrogens is 260 g/mol. The van der Waals surface area contributed by atoms with E-state index in [0.717, 1.165) is 0 Å². The largest absolute Gasteiger partial charge is 0.461 e. The second-order valence-electron chi connectivity index (χ2n) is 3.85. The molecule has 1 aliphatic heterocycles. The van der Waals surface area contributed by atoms with Crippen LogP contribution in [0.4, 0.5) is 0 Å². The Kier molecular flexibility index (Phi) is 3.28. The summed E-state index contributed by atoms with van der Waals surface area (Å²) in [6.45, 7) is 1.69. The molecule has 1 N–H and O–H groups in total. The van der Waals surface area contributed by atoms with Crippen molar-refractivity contribution in [1.29, 1.82) is 0 Å². The molecule has 18 heavy (non-hydrogen) atoms. The summed E-state index contributed by atoms with van der Waals surface area (Å²) in [7, 11) is 0. The molecule has 1 atom stereocenters. The quantitative estimate of drug-likeness (QED) is 0.826. The number of carbonyl (C=O) groups excluding carboxylic acids is 2. The fraction of sp³-hybridized carbons (Fsp3) is 0.333. The van der Waals surface area contributed by atoms with Gasteiger partial charge in [0, 0.05) is 5.02 Å². The lowest BCUT2D eigenvalue weighted by Gasteiger charge is -2.30. The van der Waals surface area contributed by atoms with Gasteiger partial charge >= 0.3 is 11.8 Å². The summed E-state index contributed by atoms with van der Waals surface area (Å²) in [6.07, 6.45) is -0.487. The first-order chi connectivity index (χ1) is 8.46. The van der Waals surface area contributed by atoms with E-state index in [2.05, 4.69) is 4.74 Å². The van der Waals surface area contributed by atoms with Gasteiger partial charge < -0.3 is 14.6 Å². The maximum absolute atomic E-state index is 11.9. The van der Waals surface area contributed by atoms with Gasteiger partial charge in [-0.3, -0.25) is 4.79 Å². The highest BCUT2D eigenvalue weighted by molar-refractivity contribution is 6.31. The van der Waals surface area contributed by atoms with E-state index < -0.39 is 24.0 Å². The van der Waals surface area contributed by atoms with Gasteiger partial charge in [0.2, 0.25) is 0 Å². The number of hydrogen-bond donors (Lipinski definition) is 1. The van der Waals surface area contributed by atoms with Crippen LogP contribution in [0.2, 0.25) is 5.02 Å². The van der Waals surface area contributed by atoms with Crippen molar-refractivity contribution in [3.05, 3.63) is 28.8 Å². The second-order valence-corrected chi connectivity index (χ2v) is 4.28. The zero-order valence-electron chi connectivity index (χ0n) is 9.60. The third kappa shape index (κ3) is 2.19. The molecule has 1 aliphatic rings. The van der Waals surface area contributed by atoms with Gasteiger partial charge in [0.1, 0.15) is 5.75 Å². The number of esters is 1. The van der Waals surface area contributed by atoms with Gasteiger partial charge in [-0.25, -0.2) is 4.79 Å². The smallest absolute Gasteiger partial charge is 0.380 e. The van der Waals surface area contributed by atoms with Crippen LogP contribution in [0.15, 0.2) is 18.2 Å². The lowest BCUT2D eigenvalue weighted by atomic mass is 9.98. The molecule has 0 fully saturated rings. The SMILES string of the molecule is CCOC(=O)C1(O)CC(=O)c2cc(Cl)ccc2O1. The van der Waals surface area contributed by atoms with E-state index in [1.54, 1.807) is 6.92 Å². The Balaban J connectivity index is 2.36. The van der Waals surface area contributed by atoms with Crippen LogP contribution < -0.4 is 4.74 Å². The molecule has 6 heteroatoms. The molecule has 0 bridgehead atoms. The van der Waals surface area contributed by atoms with Crippen LogP contribution in [0.25, 0.3) is 0 Å². The molecule has 0 spiro atoms. The van der Waals surface area contributed by atoms with E-state index in [0.29, 0.717) is 5.02 Å². The Hall–Kier alpha value is -1.59. The molecule has 0 saturated heterocycles. The highest BCUT2D eigenvalue weighted by atomic mass is 35.5. The normalized spacial score (nSPS) is 22.1. The van der Waals surface area contributed by atoms with E-state index in [9.17, 15) is 14.7 Å². The van der Waals surface area contributed by atoms with Crippen LogP contribution >= 0.6 is 11.6 Å². The molecule has 0 amide bonds. The third-order valence-corrected chi connectivity index (χ3v) is 2.75. The van der Waals surface area contributed by atoms with E-state index in [1.807, 2.05) is 0 Å². The number of fused-ring (bicyclic) bond motifs is 1. The summed E-state index contributed by atoms with van der Waals surface area (Å²) < 4.78 is 9.84. The molecule has 0 saturated carbocycles. The number of rotatable bonds is 2. The van der Waals surface area contributed by atoms with E-state index >= 15 is 0 Å². The molecule has 0 aliphatic carbocycles. The van der Waals surface area contributed by atoms with Crippen molar-refractivity contribution in [2.24, 2.45) is 0 Å². The van der Waals surface area contributed by atoms with Gasteiger partial charge in [0.05, 0.1) is 18.6 Å². The number of ether oxygens (including phenoxy) is 2. The first kappa shape index (κ1) is 12.9. The molecule has 0 radical (unpaired) electrons. The molecule has 1 aromatic carbocycles. The van der Waals surface area contributed by atoms with Gasteiger partial charge in [-0.05, 0) is 25.1 Å². The maximum Gasteiger partial charge on any atom is 0.380 e. The molecule has 1 heterocycles. The lowest BCUT2D eigenvalue weighted by Crippen LogP contribution is -2.50. The molecule has 96 valence electrons. The highest BCUT2D eigenvalue weighted by Gasteiger charge is 2.47. The predicted octanol–water partition coefficient (Wildman–Crippen LogP) is 1.56. The van der Waals surface area contributed by atoms with Crippen molar-refractivity contribution in [1.82, 2.24) is 0 Å². The van der Waals surface area contributed by atoms with Gasteiger partial charge in [-0.2, -0.15) is 0 Å². The number of Topliss-reactive ketones (excluding diaryl/α,β-unsaturated/α-hetero) is 1. The average molecular weight is 271 g/mol. The van der Waals surface area contributed by atoms with Crippen LogP contribution in [0.5, 0.6) is 5.75 Å². The summed E-state index contributed by atoms with van der Waals surface area (Å²) >= 11 is 5.76. The fourth-order valence-corrected chi connectivity index (χ4v) is 1.87. The summed E-state index contributed by atoms with van der Waals surface area (Å²) in [6, 6.07) is 4.37. The summed E-state index contributed by atoms with van der Waals surface area (Å²) in [5.41, 5.74) is 0.247. The van der Waals surface area contributed by atoms with Crippen molar-refractivity contribution in [2.45, 2.75) is 19.1 Å². The molecule has 1 unspecified atom stereocenters. The van der Waals surface area contributed by atoms with Gasteiger partial charge in [0.15, 0.2) is 5.78 Å². The number of benzene rings is 1. The topological polar surface area (TPSA) is 72.8 Å². The van der Waals surface area contributed by atoms with Gasteiger partial charge in [-0.1, -0.05) is 11.6 Å². The monoisotopic (exact) mass is 270 g/mol. The zero-order valence-corrected chi connectivity index (χ0v) is 10.4. The first-order valence-corrected chi connectivity index (χ1v) is 5.75. The zero-order chi connectivity index (χ0) is 13.3. The van der Waals surface area contributed by atoms with Crippen molar-refractivity contribution in [3.8, 4) is 5.75 Å². The summed E-state index contributed by atoms with van der Waals surface area (Å²) in [4.78, 5) is 23.4. The fourth-order valence-electron chi connectivity index (χ4n) is 1.70. The molecular formula is C12H11ClO5. The molecule has 0 aromatic heterocycles. The van der Waals surface area contributed by atoms with Gasteiger partial charge in [-0.15, -0.1) is 0 Å². The molecule has 2 rings (SSSR count). The van der Waals surface area contributed by atoms with Crippen molar-refractivity contribution in [3.63, 3.8) is 0 Å². The standard InChI is InChI=1S/C12H11ClO5/c1-2-17-11(15)12(16)6-9(14)8-5-7(13)3-4-10(8)18-12/h3-5,16H,2,6H2,1H3. The van der Waals surface area contributed by atoms with Crippen LogP contribution in [0.1, 0.15) is 23.7 Å². The second kappa shape index (κ2) is 4.59. The highest BCUT2D eigenvalue weighted by Crippen LogP contribution is 2.34. The van der Waals surface area contributed by atoms with E-state index in [-0.39, 0.29) is 17.9 Å². The number of ketones is 1. The van der Waals surface area contributed by atoms with Crippen LogP contribution in [-0.2, 0) is 9.53 Å².